The molecule has 5 rings (SSSR count). The number of pyridine rings is 1. The maximum atomic E-state index is 14.4. The van der Waals surface area contributed by atoms with Crippen molar-refractivity contribution in [3.05, 3.63) is 87.6 Å². The van der Waals surface area contributed by atoms with E-state index in [1.807, 2.05) is 18.4 Å². The lowest BCUT2D eigenvalue weighted by Gasteiger charge is -2.20. The maximum Gasteiger partial charge on any atom is 0.418 e. The average Bonchev–Trinajstić information content (AvgIpc) is 3.49. The smallest absolute Gasteiger partial charge is 0.418 e. The highest BCUT2D eigenvalue weighted by Gasteiger charge is 2.35. The Balaban J connectivity index is 1.60. The Morgan fingerprint density at radius 3 is 2.40 bits per heavy atom. The number of amides is 3. The van der Waals surface area contributed by atoms with Crippen LogP contribution < -0.4 is 20.7 Å². The molecule has 0 aliphatic carbocycles. The van der Waals surface area contributed by atoms with Gasteiger partial charge < -0.3 is 30.2 Å². The molecule has 0 saturated heterocycles. The predicted octanol–water partition coefficient (Wildman–Crippen LogP) is 7.63. The second-order valence-electron chi connectivity index (χ2n) is 12.8. The zero-order chi connectivity index (χ0) is 37.8. The quantitative estimate of drug-likeness (QED) is 0.149. The number of thiophene rings is 1. The summed E-state index contributed by atoms with van der Waals surface area (Å²) in [6, 6.07) is 11.1. The lowest BCUT2D eigenvalue weighted by atomic mass is 9.93. The molecule has 0 fully saturated rings. The first kappa shape index (κ1) is 37.8. The van der Waals surface area contributed by atoms with Crippen LogP contribution in [0, 0.1) is 0 Å². The molecule has 0 atom stereocenters. The third kappa shape index (κ3) is 8.70. The molecule has 0 saturated carbocycles. The first-order chi connectivity index (χ1) is 24.6. The molecule has 15 heteroatoms. The monoisotopic (exact) mass is 738 g/mol. The predicted molar refractivity (Wildman–Crippen MR) is 189 cm³/mol. The Morgan fingerprint density at radius 1 is 0.942 bits per heavy atom. The van der Waals surface area contributed by atoms with E-state index in [0.717, 1.165) is 29.7 Å². The lowest BCUT2D eigenvalue weighted by molar-refractivity contribution is -0.137. The first-order valence-electron chi connectivity index (χ1n) is 16.3. The highest BCUT2D eigenvalue weighted by atomic mass is 32.1. The molecule has 1 aliphatic rings. The number of hydrogen-bond acceptors (Lipinski definition) is 9. The van der Waals surface area contributed by atoms with Crippen molar-refractivity contribution in [2.45, 2.75) is 58.9 Å². The van der Waals surface area contributed by atoms with E-state index in [9.17, 15) is 32.3 Å². The number of alkyl carbamates (subject to hydrolysis) is 1. The SMILES string of the molecule is CCCNC(=O)c1ccc(-c2cc3c(cc2C(=O)Nc2ccc(CNC(=O)OC(C)(C)C)cc2C(F)(F)F)-c2sccc2CCO3)c(C(=O)OC)n1. The fourth-order valence-corrected chi connectivity index (χ4v) is 6.41. The number of esters is 1. The number of benzene rings is 2. The Hall–Kier alpha value is -5.44. The molecule has 0 bridgehead atoms. The minimum atomic E-state index is -4.89. The van der Waals surface area contributed by atoms with E-state index >= 15 is 0 Å². The highest BCUT2D eigenvalue weighted by Crippen LogP contribution is 2.44. The number of nitrogens with zero attached hydrogens (tertiary/aromatic N) is 1. The topological polar surface area (TPSA) is 145 Å². The largest absolute Gasteiger partial charge is 0.493 e. The lowest BCUT2D eigenvalue weighted by Crippen LogP contribution is -2.32. The Morgan fingerprint density at radius 2 is 1.71 bits per heavy atom. The number of ether oxygens (including phenoxy) is 3. The van der Waals surface area contributed by atoms with Crippen LogP contribution in [0.25, 0.3) is 21.6 Å². The number of nitrogens with one attached hydrogen (secondary N) is 3. The summed E-state index contributed by atoms with van der Waals surface area (Å²) in [7, 11) is 1.13. The van der Waals surface area contributed by atoms with Crippen LogP contribution in [0.15, 0.2) is 53.9 Å². The molecule has 52 heavy (non-hydrogen) atoms. The van der Waals surface area contributed by atoms with Crippen molar-refractivity contribution in [3.8, 4) is 27.3 Å². The molecule has 2 aromatic carbocycles. The number of alkyl halides is 3. The van der Waals surface area contributed by atoms with Crippen LogP contribution in [0.3, 0.4) is 0 Å². The van der Waals surface area contributed by atoms with Crippen LogP contribution in [-0.2, 0) is 28.6 Å². The number of carbonyl (C=O) groups is 4. The van der Waals surface area contributed by atoms with Crippen LogP contribution in [0.2, 0.25) is 0 Å². The van der Waals surface area contributed by atoms with Gasteiger partial charge in [-0.1, -0.05) is 13.0 Å². The Bertz CT molecular complexity index is 2020. The van der Waals surface area contributed by atoms with Gasteiger partial charge in [-0.05, 0) is 86.2 Å². The second kappa shape index (κ2) is 15.4. The summed E-state index contributed by atoms with van der Waals surface area (Å²) in [5, 5.41) is 9.43. The van der Waals surface area contributed by atoms with Gasteiger partial charge in [-0.15, -0.1) is 11.3 Å². The fraction of sp³-hybridized carbons (Fsp3) is 0.324. The molecule has 1 aliphatic heterocycles. The molecule has 3 heterocycles. The maximum absolute atomic E-state index is 14.4. The summed E-state index contributed by atoms with van der Waals surface area (Å²) < 4.78 is 59.5. The number of halogens is 3. The van der Waals surface area contributed by atoms with Crippen molar-refractivity contribution in [3.63, 3.8) is 0 Å². The molecule has 274 valence electrons. The van der Waals surface area contributed by atoms with Gasteiger partial charge in [-0.2, -0.15) is 13.2 Å². The Kier molecular flexibility index (Phi) is 11.2. The van der Waals surface area contributed by atoms with E-state index in [-0.39, 0.29) is 40.2 Å². The van der Waals surface area contributed by atoms with Crippen molar-refractivity contribution >= 4 is 40.9 Å². The molecule has 0 radical (unpaired) electrons. The fourth-order valence-electron chi connectivity index (χ4n) is 5.43. The summed E-state index contributed by atoms with van der Waals surface area (Å²) in [6.07, 6.45) is -4.46. The summed E-state index contributed by atoms with van der Waals surface area (Å²) in [4.78, 5) is 57.3. The summed E-state index contributed by atoms with van der Waals surface area (Å²) in [6.45, 7) is 7.26. The van der Waals surface area contributed by atoms with E-state index in [4.69, 9.17) is 14.2 Å². The zero-order valence-electron chi connectivity index (χ0n) is 29.1. The van der Waals surface area contributed by atoms with E-state index in [2.05, 4.69) is 20.9 Å². The van der Waals surface area contributed by atoms with Gasteiger partial charge in [0, 0.05) is 46.6 Å². The van der Waals surface area contributed by atoms with E-state index in [1.165, 1.54) is 41.7 Å². The second-order valence-corrected chi connectivity index (χ2v) is 13.7. The van der Waals surface area contributed by atoms with E-state index in [1.54, 1.807) is 20.8 Å². The number of methoxy groups -OCH3 is 1. The van der Waals surface area contributed by atoms with Crippen molar-refractivity contribution < 1.29 is 46.6 Å². The van der Waals surface area contributed by atoms with Crippen molar-refractivity contribution in [1.29, 1.82) is 0 Å². The third-order valence-corrected chi connectivity index (χ3v) is 8.78. The van der Waals surface area contributed by atoms with Gasteiger partial charge in [0.2, 0.25) is 0 Å². The molecule has 4 aromatic rings. The molecule has 0 unspecified atom stereocenters. The number of fused-ring (bicyclic) bond motifs is 3. The van der Waals surface area contributed by atoms with Gasteiger partial charge in [0.1, 0.15) is 17.0 Å². The van der Waals surface area contributed by atoms with Crippen LogP contribution in [0.4, 0.5) is 23.7 Å². The number of hydrogen-bond donors (Lipinski definition) is 3. The molecule has 11 nitrogen and oxygen atoms in total. The minimum Gasteiger partial charge on any atom is -0.493 e. The molecule has 0 spiro atoms. The molecular weight excluding hydrogens is 701 g/mol. The number of anilines is 1. The first-order valence-corrected chi connectivity index (χ1v) is 17.2. The molecular formula is C37H37F3N4O7S. The van der Waals surface area contributed by atoms with Crippen LogP contribution in [-0.4, -0.2) is 54.7 Å². The van der Waals surface area contributed by atoms with Crippen LogP contribution in [0.1, 0.15) is 82.1 Å². The van der Waals surface area contributed by atoms with Gasteiger partial charge in [0.25, 0.3) is 11.8 Å². The normalized spacial score (nSPS) is 12.4. The summed E-state index contributed by atoms with van der Waals surface area (Å²) >= 11 is 1.42. The van der Waals surface area contributed by atoms with Crippen molar-refractivity contribution in [2.24, 2.45) is 0 Å². The average molecular weight is 739 g/mol. The molecule has 3 amide bonds. The third-order valence-electron chi connectivity index (χ3n) is 7.79. The van der Waals surface area contributed by atoms with Gasteiger partial charge in [0.15, 0.2) is 5.69 Å². The van der Waals surface area contributed by atoms with E-state index in [0.29, 0.717) is 37.3 Å². The van der Waals surface area contributed by atoms with Crippen molar-refractivity contribution in [2.75, 3.05) is 25.6 Å². The molecule has 2 aromatic heterocycles. The van der Waals surface area contributed by atoms with Gasteiger partial charge >= 0.3 is 18.2 Å². The number of aromatic nitrogens is 1. The zero-order valence-corrected chi connectivity index (χ0v) is 29.9. The van der Waals surface area contributed by atoms with Gasteiger partial charge in [-0.25, -0.2) is 14.6 Å². The Labute approximate surface area is 301 Å². The van der Waals surface area contributed by atoms with Gasteiger partial charge in [0.05, 0.1) is 25.0 Å². The number of carbonyl (C=O) groups excluding carboxylic acids is 4. The van der Waals surface area contributed by atoms with Crippen LogP contribution >= 0.6 is 11.3 Å². The minimum absolute atomic E-state index is 0.0751. The van der Waals surface area contributed by atoms with E-state index < -0.39 is 46.9 Å². The number of rotatable bonds is 9. The molecule has 3 N–H and O–H groups in total. The standard InChI is InChI=1S/C37H37F3N4O7S/c1-6-13-41-33(46)28-10-8-22(30(43-28)34(47)49-5)23-18-29-25(31-21(11-14-50-29)12-15-52-31)17-24(23)32(45)44-27-9-7-20(16-26(27)37(38,39)40)19-42-35(48)51-36(2,3)4/h7-10,12,15-18H,6,11,13-14,19H2,1-5H3,(H,41,46)(H,42,48)(H,44,45). The van der Waals surface area contributed by atoms with Crippen LogP contribution in [0.5, 0.6) is 5.75 Å². The van der Waals surface area contributed by atoms with Gasteiger partial charge in [-0.3, -0.25) is 9.59 Å². The summed E-state index contributed by atoms with van der Waals surface area (Å²) in [5.74, 6) is -1.98. The highest BCUT2D eigenvalue weighted by molar-refractivity contribution is 7.13. The van der Waals surface area contributed by atoms with Crippen molar-refractivity contribution in [1.82, 2.24) is 15.6 Å². The summed E-state index contributed by atoms with van der Waals surface area (Å²) in [5.41, 5.74) is -1.13.